The summed E-state index contributed by atoms with van der Waals surface area (Å²) < 4.78 is 0. The number of carboxylic acid groups (broad SMARTS) is 1. The summed E-state index contributed by atoms with van der Waals surface area (Å²) in [4.78, 5) is 34.9. The summed E-state index contributed by atoms with van der Waals surface area (Å²) in [6, 6.07) is 2.92. The van der Waals surface area contributed by atoms with Gasteiger partial charge in [-0.1, -0.05) is 26.8 Å². The van der Waals surface area contributed by atoms with Gasteiger partial charge in [-0.25, -0.2) is 0 Å². The molecular weight excluding hydrogens is 292 g/mol. The molecule has 0 aliphatic rings. The lowest BCUT2D eigenvalue weighted by Gasteiger charge is -2.30. The summed E-state index contributed by atoms with van der Waals surface area (Å²) >= 11 is 1.29. The zero-order valence-electron chi connectivity index (χ0n) is 12.3. The van der Waals surface area contributed by atoms with Crippen molar-refractivity contribution in [2.75, 3.05) is 6.54 Å². The molecule has 0 radical (unpaired) electrons. The van der Waals surface area contributed by atoms with E-state index in [0.29, 0.717) is 4.88 Å². The minimum absolute atomic E-state index is 0.159. The normalized spacial score (nSPS) is 12.5. The monoisotopic (exact) mass is 312 g/mol. The van der Waals surface area contributed by atoms with Crippen molar-refractivity contribution in [3.8, 4) is 0 Å². The number of amides is 2. The molecular formula is C14H20N2O4S. The lowest BCUT2D eigenvalue weighted by molar-refractivity contribution is -0.138. The maximum Gasteiger partial charge on any atom is 0.305 e. The van der Waals surface area contributed by atoms with Crippen molar-refractivity contribution in [1.82, 2.24) is 10.6 Å². The Bertz CT molecular complexity index is 506. The minimum Gasteiger partial charge on any atom is -0.481 e. The van der Waals surface area contributed by atoms with E-state index >= 15 is 0 Å². The Balaban J connectivity index is 2.50. The third-order valence-electron chi connectivity index (χ3n) is 2.91. The van der Waals surface area contributed by atoms with E-state index < -0.39 is 17.9 Å². The summed E-state index contributed by atoms with van der Waals surface area (Å²) in [6.07, 6.45) is -0.159. The van der Waals surface area contributed by atoms with Crippen LogP contribution in [0.3, 0.4) is 0 Å². The molecule has 0 fully saturated rings. The maximum absolute atomic E-state index is 11.8. The van der Waals surface area contributed by atoms with Crippen LogP contribution in [0.4, 0.5) is 0 Å². The van der Waals surface area contributed by atoms with Crippen LogP contribution in [0.1, 0.15) is 36.9 Å². The van der Waals surface area contributed by atoms with Gasteiger partial charge in [-0.15, -0.1) is 11.3 Å². The zero-order chi connectivity index (χ0) is 16.0. The molecule has 0 spiro atoms. The van der Waals surface area contributed by atoms with Gasteiger partial charge in [0, 0.05) is 6.04 Å². The minimum atomic E-state index is -0.974. The van der Waals surface area contributed by atoms with E-state index in [1.807, 2.05) is 20.8 Å². The Hall–Kier alpha value is -1.89. The van der Waals surface area contributed by atoms with Crippen LogP contribution in [0.2, 0.25) is 0 Å². The van der Waals surface area contributed by atoms with Crippen LogP contribution in [-0.2, 0) is 9.59 Å². The van der Waals surface area contributed by atoms with Gasteiger partial charge in [0.1, 0.15) is 0 Å². The number of thiophene rings is 1. The summed E-state index contributed by atoms with van der Waals surface area (Å²) in [5, 5.41) is 15.8. The fourth-order valence-corrected chi connectivity index (χ4v) is 2.29. The summed E-state index contributed by atoms with van der Waals surface area (Å²) in [6.45, 7) is 5.38. The molecule has 0 aromatic carbocycles. The number of hydrogen-bond donors (Lipinski definition) is 3. The second kappa shape index (κ2) is 7.21. The fraction of sp³-hybridized carbons (Fsp3) is 0.500. The second-order valence-electron chi connectivity index (χ2n) is 5.74. The predicted molar refractivity (Wildman–Crippen MR) is 80.3 cm³/mol. The van der Waals surface area contributed by atoms with E-state index in [9.17, 15) is 14.4 Å². The van der Waals surface area contributed by atoms with Crippen molar-refractivity contribution in [2.24, 2.45) is 5.41 Å². The van der Waals surface area contributed by atoms with Gasteiger partial charge in [-0.3, -0.25) is 14.4 Å². The number of aliphatic carboxylic acids is 1. The molecule has 2 amide bonds. The lowest BCUT2D eigenvalue weighted by Crippen LogP contribution is -2.48. The largest absolute Gasteiger partial charge is 0.481 e. The fourth-order valence-electron chi connectivity index (χ4n) is 1.65. The van der Waals surface area contributed by atoms with E-state index in [2.05, 4.69) is 10.6 Å². The Morgan fingerprint density at radius 3 is 2.48 bits per heavy atom. The first-order valence-electron chi connectivity index (χ1n) is 6.53. The van der Waals surface area contributed by atoms with Crippen molar-refractivity contribution in [1.29, 1.82) is 0 Å². The molecule has 116 valence electrons. The van der Waals surface area contributed by atoms with Gasteiger partial charge in [0.2, 0.25) is 5.91 Å². The molecule has 1 aromatic rings. The molecule has 1 heterocycles. The standard InChI is InChI=1S/C14H20N2O4S/c1-14(2,3)10(7-12(18)19)16-11(17)8-15-13(20)9-5-4-6-21-9/h4-6,10H,7-8H2,1-3H3,(H,15,20)(H,16,17)(H,18,19). The van der Waals surface area contributed by atoms with E-state index in [1.165, 1.54) is 11.3 Å². The third-order valence-corrected chi connectivity index (χ3v) is 3.78. The molecule has 6 nitrogen and oxygen atoms in total. The third kappa shape index (κ3) is 5.95. The first-order chi connectivity index (χ1) is 9.70. The molecule has 1 atom stereocenters. The van der Waals surface area contributed by atoms with Crippen LogP contribution in [0.15, 0.2) is 17.5 Å². The Labute approximate surface area is 127 Å². The van der Waals surface area contributed by atoms with Crippen molar-refractivity contribution in [3.63, 3.8) is 0 Å². The molecule has 1 rings (SSSR count). The lowest BCUT2D eigenvalue weighted by atomic mass is 9.84. The first kappa shape index (κ1) is 17.2. The molecule has 0 bridgehead atoms. The molecule has 0 aliphatic heterocycles. The maximum atomic E-state index is 11.8. The van der Waals surface area contributed by atoms with Crippen molar-refractivity contribution in [2.45, 2.75) is 33.2 Å². The van der Waals surface area contributed by atoms with Crippen molar-refractivity contribution >= 4 is 29.1 Å². The molecule has 0 saturated carbocycles. The number of rotatable bonds is 6. The molecule has 0 saturated heterocycles. The molecule has 7 heteroatoms. The molecule has 3 N–H and O–H groups in total. The highest BCUT2D eigenvalue weighted by Crippen LogP contribution is 2.21. The SMILES string of the molecule is CC(C)(C)C(CC(=O)O)NC(=O)CNC(=O)c1cccs1. The highest BCUT2D eigenvalue weighted by molar-refractivity contribution is 7.12. The first-order valence-corrected chi connectivity index (χ1v) is 7.41. The summed E-state index contributed by atoms with van der Waals surface area (Å²) in [7, 11) is 0. The van der Waals surface area contributed by atoms with E-state index in [-0.39, 0.29) is 24.3 Å². The number of carboxylic acids is 1. The predicted octanol–water partition coefficient (Wildman–Crippen LogP) is 1.48. The average Bonchev–Trinajstić information content (AvgIpc) is 2.87. The Kier molecular flexibility index (Phi) is 5.90. The van der Waals surface area contributed by atoms with Crippen LogP contribution in [0, 0.1) is 5.41 Å². The summed E-state index contributed by atoms with van der Waals surface area (Å²) in [5.74, 6) is -1.69. The number of carbonyl (C=O) groups excluding carboxylic acids is 2. The van der Waals surface area contributed by atoms with Gasteiger partial charge >= 0.3 is 5.97 Å². The van der Waals surface area contributed by atoms with Crippen LogP contribution in [-0.4, -0.2) is 35.5 Å². The number of hydrogen-bond acceptors (Lipinski definition) is 4. The van der Waals surface area contributed by atoms with Gasteiger partial charge in [-0.2, -0.15) is 0 Å². The van der Waals surface area contributed by atoms with Gasteiger partial charge in [-0.05, 0) is 16.9 Å². The van der Waals surface area contributed by atoms with Crippen LogP contribution < -0.4 is 10.6 Å². The van der Waals surface area contributed by atoms with E-state index in [4.69, 9.17) is 5.11 Å². The quantitative estimate of drug-likeness (QED) is 0.741. The molecule has 1 aromatic heterocycles. The molecule has 21 heavy (non-hydrogen) atoms. The van der Waals surface area contributed by atoms with Gasteiger partial charge in [0.25, 0.3) is 5.91 Å². The smallest absolute Gasteiger partial charge is 0.305 e. The van der Waals surface area contributed by atoms with Gasteiger partial charge in [0.15, 0.2) is 0 Å². The van der Waals surface area contributed by atoms with Crippen molar-refractivity contribution in [3.05, 3.63) is 22.4 Å². The van der Waals surface area contributed by atoms with Gasteiger partial charge < -0.3 is 15.7 Å². The van der Waals surface area contributed by atoms with Gasteiger partial charge in [0.05, 0.1) is 17.8 Å². The van der Waals surface area contributed by atoms with E-state index in [0.717, 1.165) is 0 Å². The Morgan fingerprint density at radius 1 is 1.33 bits per heavy atom. The topological polar surface area (TPSA) is 95.5 Å². The number of carbonyl (C=O) groups is 3. The average molecular weight is 312 g/mol. The zero-order valence-corrected chi connectivity index (χ0v) is 13.1. The highest BCUT2D eigenvalue weighted by atomic mass is 32.1. The van der Waals surface area contributed by atoms with Crippen LogP contribution in [0.5, 0.6) is 0 Å². The highest BCUT2D eigenvalue weighted by Gasteiger charge is 2.28. The second-order valence-corrected chi connectivity index (χ2v) is 6.69. The Morgan fingerprint density at radius 2 is 2.00 bits per heavy atom. The van der Waals surface area contributed by atoms with E-state index in [1.54, 1.807) is 17.5 Å². The number of nitrogens with one attached hydrogen (secondary N) is 2. The van der Waals surface area contributed by atoms with Crippen LogP contribution >= 0.6 is 11.3 Å². The van der Waals surface area contributed by atoms with Crippen LogP contribution in [0.25, 0.3) is 0 Å². The molecule has 1 unspecified atom stereocenters. The summed E-state index contributed by atoms with van der Waals surface area (Å²) in [5.41, 5.74) is -0.383. The molecule has 0 aliphatic carbocycles. The van der Waals surface area contributed by atoms with Crippen molar-refractivity contribution < 1.29 is 19.5 Å².